The lowest BCUT2D eigenvalue weighted by atomic mass is 10.2. The fraction of sp³-hybridized carbons (Fsp3) is 0.0455. The Hall–Kier alpha value is -3.73. The fourth-order valence-electron chi connectivity index (χ4n) is 2.60. The average molecular weight is 354 g/mol. The molecule has 0 N–H and O–H groups in total. The van der Waals surface area contributed by atoms with Gasteiger partial charge in [-0.2, -0.15) is 5.10 Å². The zero-order valence-electron chi connectivity index (χ0n) is 14.9. The summed E-state index contributed by atoms with van der Waals surface area (Å²) in [4.78, 5) is 9.01. The van der Waals surface area contributed by atoms with Gasteiger partial charge in [-0.15, -0.1) is 0 Å². The topological polar surface area (TPSA) is 50.6 Å². The number of fused-ring (bicyclic) bond motifs is 1. The highest BCUT2D eigenvalue weighted by atomic mass is 16.5. The highest BCUT2D eigenvalue weighted by Gasteiger charge is 2.03. The van der Waals surface area contributed by atoms with Crippen LogP contribution in [0, 0.1) is 0 Å². The molecular weight excluding hydrogens is 336 g/mol. The maximum Gasteiger partial charge on any atom is 0.167 e. The number of ether oxygens (including phenoxy) is 1. The maximum atomic E-state index is 5.86. The van der Waals surface area contributed by atoms with Crippen LogP contribution in [-0.2, 0) is 0 Å². The van der Waals surface area contributed by atoms with Crippen LogP contribution in [0.3, 0.4) is 0 Å². The van der Waals surface area contributed by atoms with E-state index in [0.717, 1.165) is 28.1 Å². The van der Waals surface area contributed by atoms with Crippen LogP contribution in [0.2, 0.25) is 0 Å². The van der Waals surface area contributed by atoms with E-state index in [9.17, 15) is 0 Å². The van der Waals surface area contributed by atoms with E-state index in [1.165, 1.54) is 0 Å². The van der Waals surface area contributed by atoms with Gasteiger partial charge in [-0.1, -0.05) is 42.5 Å². The van der Waals surface area contributed by atoms with Gasteiger partial charge in [-0.3, -0.25) is 4.98 Å². The number of hydrogen-bond acceptors (Lipinski definition) is 5. The molecule has 0 saturated heterocycles. The van der Waals surface area contributed by atoms with Crippen LogP contribution in [0.5, 0.6) is 11.5 Å². The predicted octanol–water partition coefficient (Wildman–Crippen LogP) is 4.89. The van der Waals surface area contributed by atoms with Crippen molar-refractivity contribution in [2.75, 3.05) is 12.1 Å². The number of hydrogen-bond donors (Lipinski definition) is 0. The Kier molecular flexibility index (Phi) is 4.74. The van der Waals surface area contributed by atoms with E-state index in [-0.39, 0.29) is 0 Å². The first-order chi connectivity index (χ1) is 13.3. The molecule has 0 atom stereocenters. The molecule has 0 amide bonds. The summed E-state index contributed by atoms with van der Waals surface area (Å²) in [5, 5.41) is 6.17. The summed E-state index contributed by atoms with van der Waals surface area (Å²) < 4.78 is 5.86. The molecule has 5 heteroatoms. The summed E-state index contributed by atoms with van der Waals surface area (Å²) in [6.45, 7) is 0. The lowest BCUT2D eigenvalue weighted by molar-refractivity contribution is 0.482. The number of rotatable bonds is 5. The third-order valence-corrected chi connectivity index (χ3v) is 3.98. The summed E-state index contributed by atoms with van der Waals surface area (Å²) >= 11 is 0. The van der Waals surface area contributed by atoms with E-state index < -0.39 is 0 Å². The Morgan fingerprint density at radius 1 is 0.852 bits per heavy atom. The van der Waals surface area contributed by atoms with Crippen LogP contribution in [0.15, 0.2) is 90.2 Å². The molecule has 4 aromatic rings. The molecule has 0 bridgehead atoms. The molecule has 4 rings (SSSR count). The number of nitrogens with zero attached hydrogens (tertiary/aromatic N) is 4. The second-order valence-corrected chi connectivity index (χ2v) is 5.97. The molecule has 0 aliphatic carbocycles. The van der Waals surface area contributed by atoms with Crippen LogP contribution in [0.25, 0.3) is 11.0 Å². The van der Waals surface area contributed by atoms with Crippen molar-refractivity contribution in [2.24, 2.45) is 5.10 Å². The van der Waals surface area contributed by atoms with Gasteiger partial charge < -0.3 is 4.74 Å². The van der Waals surface area contributed by atoms with Crippen LogP contribution in [0.4, 0.5) is 5.82 Å². The number of aromatic nitrogens is 2. The van der Waals surface area contributed by atoms with Crippen molar-refractivity contribution in [3.05, 3.63) is 90.6 Å². The Morgan fingerprint density at radius 3 is 2.44 bits per heavy atom. The Morgan fingerprint density at radius 2 is 1.59 bits per heavy atom. The van der Waals surface area contributed by atoms with E-state index in [1.807, 2.05) is 85.9 Å². The summed E-state index contributed by atoms with van der Waals surface area (Å²) in [6, 6.07) is 25.2. The maximum absolute atomic E-state index is 5.86. The second kappa shape index (κ2) is 7.66. The van der Waals surface area contributed by atoms with E-state index in [4.69, 9.17) is 4.74 Å². The standard InChI is InChI=1S/C22H18N4O/c1-26(22-16-23-20-12-5-6-13-21(20)25-22)24-15-17-8-7-11-19(14-17)27-18-9-3-2-4-10-18/h2-16H,1H3/b24-15-. The largest absolute Gasteiger partial charge is 0.457 e. The van der Waals surface area contributed by atoms with Crippen molar-refractivity contribution in [3.63, 3.8) is 0 Å². The minimum absolute atomic E-state index is 0.682. The molecular formula is C22H18N4O. The fourth-order valence-corrected chi connectivity index (χ4v) is 2.60. The van der Waals surface area contributed by atoms with E-state index in [2.05, 4.69) is 15.1 Å². The Balaban J connectivity index is 1.50. The third kappa shape index (κ3) is 4.10. The minimum atomic E-state index is 0.682. The van der Waals surface area contributed by atoms with E-state index in [1.54, 1.807) is 17.4 Å². The summed E-state index contributed by atoms with van der Waals surface area (Å²) in [5.41, 5.74) is 2.64. The molecule has 0 fully saturated rings. The van der Waals surface area contributed by atoms with Crippen molar-refractivity contribution in [2.45, 2.75) is 0 Å². The normalized spacial score (nSPS) is 11.0. The van der Waals surface area contributed by atoms with E-state index >= 15 is 0 Å². The van der Waals surface area contributed by atoms with Gasteiger partial charge in [0.25, 0.3) is 0 Å². The molecule has 3 aromatic carbocycles. The van der Waals surface area contributed by atoms with Crippen molar-refractivity contribution < 1.29 is 4.74 Å². The number of para-hydroxylation sites is 3. The van der Waals surface area contributed by atoms with Crippen molar-refractivity contribution in [3.8, 4) is 11.5 Å². The molecule has 0 aliphatic rings. The van der Waals surface area contributed by atoms with E-state index in [0.29, 0.717) is 5.82 Å². The van der Waals surface area contributed by atoms with Crippen LogP contribution in [0.1, 0.15) is 5.56 Å². The summed E-state index contributed by atoms with van der Waals surface area (Å²) in [7, 11) is 1.85. The zero-order chi connectivity index (χ0) is 18.5. The molecule has 0 unspecified atom stereocenters. The molecule has 5 nitrogen and oxygen atoms in total. The Labute approximate surface area is 157 Å². The highest BCUT2D eigenvalue weighted by Crippen LogP contribution is 2.21. The number of anilines is 1. The molecule has 1 heterocycles. The van der Waals surface area contributed by atoms with Crippen LogP contribution in [-0.4, -0.2) is 23.2 Å². The molecule has 0 saturated carbocycles. The molecule has 27 heavy (non-hydrogen) atoms. The molecule has 0 radical (unpaired) electrons. The van der Waals surface area contributed by atoms with Crippen LogP contribution >= 0.6 is 0 Å². The van der Waals surface area contributed by atoms with Gasteiger partial charge in [0, 0.05) is 7.05 Å². The first kappa shape index (κ1) is 16.7. The lowest BCUT2D eigenvalue weighted by Gasteiger charge is -2.12. The summed E-state index contributed by atoms with van der Waals surface area (Å²) in [5.74, 6) is 2.25. The van der Waals surface area contributed by atoms with Crippen molar-refractivity contribution in [1.82, 2.24) is 9.97 Å². The number of hydrazone groups is 1. The highest BCUT2D eigenvalue weighted by molar-refractivity contribution is 5.81. The van der Waals surface area contributed by atoms with Gasteiger partial charge in [0.15, 0.2) is 5.82 Å². The predicted molar refractivity (Wildman–Crippen MR) is 108 cm³/mol. The second-order valence-electron chi connectivity index (χ2n) is 5.97. The molecule has 0 spiro atoms. The van der Waals surface area contributed by atoms with Gasteiger partial charge >= 0.3 is 0 Å². The quantitative estimate of drug-likeness (QED) is 0.378. The minimum Gasteiger partial charge on any atom is -0.457 e. The van der Waals surface area contributed by atoms with Crippen molar-refractivity contribution >= 4 is 23.1 Å². The zero-order valence-corrected chi connectivity index (χ0v) is 14.9. The Bertz CT molecular complexity index is 1080. The van der Waals surface area contributed by atoms with Gasteiger partial charge in [0.1, 0.15) is 11.5 Å². The first-order valence-corrected chi connectivity index (χ1v) is 8.60. The monoisotopic (exact) mass is 354 g/mol. The summed E-state index contributed by atoms with van der Waals surface area (Å²) in [6.07, 6.45) is 3.49. The van der Waals surface area contributed by atoms with Gasteiger partial charge in [0.05, 0.1) is 23.4 Å². The van der Waals surface area contributed by atoms with Gasteiger partial charge in [-0.25, -0.2) is 9.99 Å². The van der Waals surface area contributed by atoms with Crippen LogP contribution < -0.4 is 9.75 Å². The molecule has 132 valence electrons. The smallest absolute Gasteiger partial charge is 0.167 e. The lowest BCUT2D eigenvalue weighted by Crippen LogP contribution is -2.11. The van der Waals surface area contributed by atoms with Gasteiger partial charge in [0.2, 0.25) is 0 Å². The van der Waals surface area contributed by atoms with Crippen molar-refractivity contribution in [1.29, 1.82) is 0 Å². The average Bonchev–Trinajstić information content (AvgIpc) is 2.73. The SMILES string of the molecule is CN(/N=C\c1cccc(Oc2ccccc2)c1)c1cnc2ccccc2n1. The first-order valence-electron chi connectivity index (χ1n) is 8.60. The molecule has 1 aromatic heterocycles. The third-order valence-electron chi connectivity index (χ3n) is 3.98. The molecule has 0 aliphatic heterocycles. The number of benzene rings is 3. The van der Waals surface area contributed by atoms with Gasteiger partial charge in [-0.05, 0) is 42.0 Å².